The van der Waals surface area contributed by atoms with Gasteiger partial charge in [0.15, 0.2) is 0 Å². The number of likely N-dealkylation sites (tertiary alicyclic amines) is 1. The average molecular weight is 656 g/mol. The fourth-order valence-corrected chi connectivity index (χ4v) is 12.0. The summed E-state index contributed by atoms with van der Waals surface area (Å²) in [4.78, 5) is 2.97. The maximum absolute atomic E-state index is 2.97. The Kier molecular flexibility index (Phi) is 7.69. The average Bonchev–Trinajstić information content (AvgIpc) is 3.52. The maximum atomic E-state index is 2.97. The molecule has 254 valence electrons. The van der Waals surface area contributed by atoms with Crippen molar-refractivity contribution in [2.24, 2.45) is 35.5 Å². The first-order valence-electron chi connectivity index (χ1n) is 20.1. The van der Waals surface area contributed by atoms with Gasteiger partial charge in [0, 0.05) is 40.9 Å². The highest BCUT2D eigenvalue weighted by atomic mass is 15.2. The molecule has 50 heavy (non-hydrogen) atoms. The van der Waals surface area contributed by atoms with E-state index >= 15 is 0 Å². The van der Waals surface area contributed by atoms with E-state index in [0.29, 0.717) is 47.6 Å². The SMILES string of the molecule is CC1(c2ccccc2)C=C(N2C3CCC=CC3C3C=CC(C4C=CC5C6=C(CCC=C6)C6=C(CCCC6)C5C4)CC32)C=C(c2ccccc2)C1. The van der Waals surface area contributed by atoms with Crippen LogP contribution in [0, 0.1) is 35.5 Å². The van der Waals surface area contributed by atoms with Gasteiger partial charge in [0.1, 0.15) is 0 Å². The largest absolute Gasteiger partial charge is 0.365 e. The minimum atomic E-state index is -0.0485. The van der Waals surface area contributed by atoms with Gasteiger partial charge < -0.3 is 4.90 Å². The van der Waals surface area contributed by atoms with Crippen LogP contribution in [0.2, 0.25) is 0 Å². The molecule has 0 radical (unpaired) electrons. The summed E-state index contributed by atoms with van der Waals surface area (Å²) in [5.74, 6) is 3.75. The normalized spacial score (nSPS) is 37.0. The molecule has 1 nitrogen and oxygen atoms in total. The first-order chi connectivity index (χ1) is 24.6. The summed E-state index contributed by atoms with van der Waals surface area (Å²) in [6.07, 6.45) is 40.1. The highest BCUT2D eigenvalue weighted by Gasteiger charge is 2.51. The molecule has 0 amide bonds. The summed E-state index contributed by atoms with van der Waals surface area (Å²) in [5, 5.41) is 0. The Morgan fingerprint density at radius 2 is 1.48 bits per heavy atom. The smallest absolute Gasteiger partial charge is 0.0368 e. The van der Waals surface area contributed by atoms with Gasteiger partial charge in [0.05, 0.1) is 0 Å². The second kappa shape index (κ2) is 12.4. The van der Waals surface area contributed by atoms with Gasteiger partial charge in [0.25, 0.3) is 0 Å². The minimum absolute atomic E-state index is 0.0485. The van der Waals surface area contributed by atoms with Crippen molar-refractivity contribution in [3.8, 4) is 0 Å². The zero-order valence-corrected chi connectivity index (χ0v) is 29.9. The third-order valence-corrected chi connectivity index (χ3v) is 14.3. The van der Waals surface area contributed by atoms with Gasteiger partial charge in [-0.2, -0.15) is 0 Å². The molecule has 0 N–H and O–H groups in total. The molecule has 2 aromatic rings. The molecule has 0 aromatic heterocycles. The van der Waals surface area contributed by atoms with Crippen LogP contribution in [0.15, 0.2) is 149 Å². The van der Waals surface area contributed by atoms with Crippen LogP contribution in [0.25, 0.3) is 5.57 Å². The molecule has 1 heterocycles. The van der Waals surface area contributed by atoms with Gasteiger partial charge in [-0.25, -0.2) is 0 Å². The van der Waals surface area contributed by atoms with Gasteiger partial charge in [-0.1, -0.05) is 128 Å². The van der Waals surface area contributed by atoms with Crippen LogP contribution in [0.3, 0.4) is 0 Å². The Bertz CT molecular complexity index is 1890. The number of fused-ring (bicyclic) bond motifs is 7. The number of hydrogen-bond donors (Lipinski definition) is 0. The van der Waals surface area contributed by atoms with Crippen LogP contribution in [0.5, 0.6) is 0 Å². The molecule has 10 rings (SSSR count). The van der Waals surface area contributed by atoms with Crippen LogP contribution >= 0.6 is 0 Å². The zero-order valence-electron chi connectivity index (χ0n) is 29.9. The van der Waals surface area contributed by atoms with Gasteiger partial charge in [-0.3, -0.25) is 0 Å². The van der Waals surface area contributed by atoms with E-state index in [2.05, 4.69) is 133 Å². The van der Waals surface area contributed by atoms with E-state index in [1.54, 1.807) is 16.7 Å². The Balaban J connectivity index is 1.01. The second-order valence-electron chi connectivity index (χ2n) is 17.1. The summed E-state index contributed by atoms with van der Waals surface area (Å²) in [7, 11) is 0. The molecule has 1 saturated heterocycles. The number of benzene rings is 2. The number of hydrogen-bond acceptors (Lipinski definition) is 1. The van der Waals surface area contributed by atoms with Crippen LogP contribution < -0.4 is 0 Å². The summed E-state index contributed by atoms with van der Waals surface area (Å²) in [6.45, 7) is 2.48. The molecular weight excluding hydrogens is 603 g/mol. The van der Waals surface area contributed by atoms with Crippen molar-refractivity contribution < 1.29 is 0 Å². The van der Waals surface area contributed by atoms with Crippen molar-refractivity contribution in [3.63, 3.8) is 0 Å². The van der Waals surface area contributed by atoms with Crippen molar-refractivity contribution in [3.05, 3.63) is 161 Å². The second-order valence-corrected chi connectivity index (χ2v) is 17.1. The topological polar surface area (TPSA) is 3.24 Å². The molecule has 9 unspecified atom stereocenters. The van der Waals surface area contributed by atoms with Crippen LogP contribution in [-0.2, 0) is 5.41 Å². The summed E-state index contributed by atoms with van der Waals surface area (Å²) in [5.41, 5.74) is 12.8. The lowest BCUT2D eigenvalue weighted by atomic mass is 9.60. The molecule has 0 saturated carbocycles. The molecule has 0 spiro atoms. The lowest BCUT2D eigenvalue weighted by Crippen LogP contribution is -2.42. The predicted octanol–water partition coefficient (Wildman–Crippen LogP) is 11.9. The fourth-order valence-electron chi connectivity index (χ4n) is 12.0. The van der Waals surface area contributed by atoms with Crippen LogP contribution in [-0.4, -0.2) is 17.0 Å². The van der Waals surface area contributed by atoms with E-state index in [1.807, 2.05) is 5.57 Å². The van der Waals surface area contributed by atoms with E-state index < -0.39 is 0 Å². The molecule has 1 fully saturated rings. The highest BCUT2D eigenvalue weighted by Crippen LogP contribution is 2.55. The monoisotopic (exact) mass is 655 g/mol. The van der Waals surface area contributed by atoms with Crippen LogP contribution in [0.1, 0.15) is 88.7 Å². The van der Waals surface area contributed by atoms with Crippen molar-refractivity contribution in [2.45, 2.75) is 95.1 Å². The predicted molar refractivity (Wildman–Crippen MR) is 208 cm³/mol. The van der Waals surface area contributed by atoms with Crippen molar-refractivity contribution >= 4 is 5.57 Å². The lowest BCUT2D eigenvalue weighted by molar-refractivity contribution is 0.186. The zero-order chi connectivity index (χ0) is 33.2. The summed E-state index contributed by atoms with van der Waals surface area (Å²) >= 11 is 0. The Morgan fingerprint density at radius 3 is 2.36 bits per heavy atom. The Morgan fingerprint density at radius 1 is 0.700 bits per heavy atom. The van der Waals surface area contributed by atoms with Gasteiger partial charge in [0.2, 0.25) is 0 Å². The van der Waals surface area contributed by atoms with Crippen molar-refractivity contribution in [2.75, 3.05) is 0 Å². The fraction of sp³-hybridized carbons (Fsp3) is 0.429. The summed E-state index contributed by atoms with van der Waals surface area (Å²) < 4.78 is 0. The summed E-state index contributed by atoms with van der Waals surface area (Å²) in [6, 6.07) is 23.6. The number of rotatable bonds is 4. The standard InChI is InChI=1S/C49H53N/c1-49(37-16-6-3-7-17-37)31-36(33-14-4-2-5-15-33)28-38(32-49)50-47-23-13-12-22-44(47)45-27-25-35(30-48(45)50)34-24-26-43-41-20-9-8-18-39(41)40-19-10-11-21-42(40)46(43)29-34/h2-7,9,12,14-17,20,22,24-28,32,34-35,43-48H,8,10-11,13,18-19,21,23,29-31H2,1H3. The van der Waals surface area contributed by atoms with Crippen LogP contribution in [0.4, 0.5) is 0 Å². The third kappa shape index (κ3) is 5.09. The van der Waals surface area contributed by atoms with Crippen molar-refractivity contribution in [1.29, 1.82) is 0 Å². The number of nitrogens with zero attached hydrogens (tertiary/aromatic N) is 1. The Labute approximate surface area is 300 Å². The molecule has 0 bridgehead atoms. The minimum Gasteiger partial charge on any atom is -0.365 e. The highest BCUT2D eigenvalue weighted by molar-refractivity contribution is 5.72. The first-order valence-corrected chi connectivity index (χ1v) is 20.1. The molecule has 2 aromatic carbocycles. The molecule has 9 atom stereocenters. The Hall–Kier alpha value is -3.84. The third-order valence-electron chi connectivity index (χ3n) is 14.3. The molecular formula is C49H53N. The molecule has 1 heteroatoms. The van der Waals surface area contributed by atoms with Gasteiger partial charge in [-0.05, 0) is 128 Å². The van der Waals surface area contributed by atoms with Crippen molar-refractivity contribution in [1.82, 2.24) is 4.90 Å². The quantitative estimate of drug-likeness (QED) is 0.296. The van der Waals surface area contributed by atoms with E-state index in [4.69, 9.17) is 0 Å². The van der Waals surface area contributed by atoms with E-state index in [9.17, 15) is 0 Å². The van der Waals surface area contributed by atoms with Gasteiger partial charge in [-0.15, -0.1) is 0 Å². The molecule has 8 aliphatic rings. The molecule has 7 aliphatic carbocycles. The molecule has 1 aliphatic heterocycles. The van der Waals surface area contributed by atoms with E-state index in [-0.39, 0.29) is 5.41 Å². The van der Waals surface area contributed by atoms with E-state index in [1.165, 1.54) is 86.6 Å². The van der Waals surface area contributed by atoms with E-state index in [0.717, 1.165) is 6.42 Å². The maximum Gasteiger partial charge on any atom is 0.0368 e. The number of allylic oxidation sites excluding steroid dienone is 13. The lowest BCUT2D eigenvalue weighted by Gasteiger charge is -2.46. The van der Waals surface area contributed by atoms with Gasteiger partial charge >= 0.3 is 0 Å². The first kappa shape index (κ1) is 30.9.